The number of aliphatic imine (C=N–C) groups is 1. The number of rotatable bonds is 7. The van der Waals surface area contributed by atoms with Gasteiger partial charge in [-0.2, -0.15) is 0 Å². The summed E-state index contributed by atoms with van der Waals surface area (Å²) in [6, 6.07) is 0.472. The quantitative estimate of drug-likeness (QED) is 0.508. The maximum Gasteiger partial charge on any atom is 0.191 e. The minimum atomic E-state index is 0.0436. The molecule has 0 bridgehead atoms. The van der Waals surface area contributed by atoms with E-state index in [1.54, 1.807) is 0 Å². The van der Waals surface area contributed by atoms with Crippen molar-refractivity contribution in [1.29, 1.82) is 0 Å². The number of ether oxygens (including phenoxy) is 2. The molecule has 2 saturated heterocycles. The Morgan fingerprint density at radius 1 is 1.04 bits per heavy atom. The van der Waals surface area contributed by atoms with Crippen molar-refractivity contribution in [2.24, 2.45) is 4.99 Å². The van der Waals surface area contributed by atoms with Gasteiger partial charge in [-0.05, 0) is 27.7 Å². The Labute approximate surface area is 153 Å². The molecule has 2 aliphatic rings. The number of nitrogens with zero attached hydrogens (tertiary/aromatic N) is 3. The van der Waals surface area contributed by atoms with E-state index in [2.05, 4.69) is 48.1 Å². The van der Waals surface area contributed by atoms with Crippen LogP contribution in [0.5, 0.6) is 0 Å². The second kappa shape index (κ2) is 10.3. The van der Waals surface area contributed by atoms with Crippen LogP contribution in [0.15, 0.2) is 4.99 Å². The molecule has 2 heterocycles. The molecular formula is C18H37N5O2. The van der Waals surface area contributed by atoms with Gasteiger partial charge < -0.3 is 20.1 Å². The highest BCUT2D eigenvalue weighted by atomic mass is 16.5. The molecule has 0 saturated carbocycles. The molecule has 1 unspecified atom stereocenters. The zero-order chi connectivity index (χ0) is 18.1. The van der Waals surface area contributed by atoms with Gasteiger partial charge in [-0.25, -0.2) is 0 Å². The molecule has 2 N–H and O–H groups in total. The predicted molar refractivity (Wildman–Crippen MR) is 102 cm³/mol. The Hall–Kier alpha value is -0.890. The number of hydrogen-bond acceptors (Lipinski definition) is 5. The third-order valence-electron chi connectivity index (χ3n) is 5.07. The summed E-state index contributed by atoms with van der Waals surface area (Å²) in [5.74, 6) is 0.906. The van der Waals surface area contributed by atoms with Crippen molar-refractivity contribution >= 4 is 5.96 Å². The summed E-state index contributed by atoms with van der Waals surface area (Å²) >= 11 is 0. The molecular weight excluding hydrogens is 318 g/mol. The highest BCUT2D eigenvalue weighted by Crippen LogP contribution is 2.16. The van der Waals surface area contributed by atoms with Gasteiger partial charge in [0.15, 0.2) is 5.96 Å². The summed E-state index contributed by atoms with van der Waals surface area (Å²) < 4.78 is 10.9. The highest BCUT2D eigenvalue weighted by molar-refractivity contribution is 5.79. The van der Waals surface area contributed by atoms with Crippen LogP contribution in [0, 0.1) is 0 Å². The lowest BCUT2D eigenvalue weighted by atomic mass is 10.0. The van der Waals surface area contributed by atoms with Gasteiger partial charge in [-0.1, -0.05) is 0 Å². The van der Waals surface area contributed by atoms with Crippen LogP contribution in [0.3, 0.4) is 0 Å². The van der Waals surface area contributed by atoms with Gasteiger partial charge in [0, 0.05) is 50.8 Å². The Balaban J connectivity index is 1.84. The third kappa shape index (κ3) is 6.73. The molecule has 0 amide bonds. The Morgan fingerprint density at radius 3 is 2.24 bits per heavy atom. The van der Waals surface area contributed by atoms with Gasteiger partial charge in [0.05, 0.1) is 33.0 Å². The van der Waals surface area contributed by atoms with Crippen LogP contribution >= 0.6 is 0 Å². The number of morpholine rings is 2. The van der Waals surface area contributed by atoms with E-state index in [0.717, 1.165) is 78.2 Å². The first-order valence-electron chi connectivity index (χ1n) is 9.69. The minimum absolute atomic E-state index is 0.0436. The first-order valence-corrected chi connectivity index (χ1v) is 9.69. The van der Waals surface area contributed by atoms with Crippen LogP contribution < -0.4 is 10.6 Å². The zero-order valence-electron chi connectivity index (χ0n) is 16.5. The molecule has 2 aliphatic heterocycles. The van der Waals surface area contributed by atoms with E-state index in [4.69, 9.17) is 14.5 Å². The smallest absolute Gasteiger partial charge is 0.191 e. The van der Waals surface area contributed by atoms with Crippen molar-refractivity contribution in [2.45, 2.75) is 39.3 Å². The molecule has 0 aliphatic carbocycles. The third-order valence-corrected chi connectivity index (χ3v) is 5.07. The van der Waals surface area contributed by atoms with Gasteiger partial charge in [0.1, 0.15) is 0 Å². The molecule has 2 rings (SSSR count). The summed E-state index contributed by atoms with van der Waals surface area (Å²) in [5, 5.41) is 6.88. The van der Waals surface area contributed by atoms with E-state index in [9.17, 15) is 0 Å². The largest absolute Gasteiger partial charge is 0.379 e. The van der Waals surface area contributed by atoms with Gasteiger partial charge in [0.25, 0.3) is 0 Å². The Morgan fingerprint density at radius 2 is 1.64 bits per heavy atom. The molecule has 7 nitrogen and oxygen atoms in total. The first-order chi connectivity index (χ1) is 12.0. The minimum Gasteiger partial charge on any atom is -0.379 e. The standard InChI is InChI=1S/C18H37N5O2/c1-5-19-17(20-14-16(2)22-6-10-24-11-7-22)21-15-18(3,4)23-8-12-25-13-9-23/h16H,5-15H2,1-4H3,(H2,19,20,21). The fourth-order valence-corrected chi connectivity index (χ4v) is 3.27. The van der Waals surface area contributed by atoms with Crippen molar-refractivity contribution in [3.8, 4) is 0 Å². The average molecular weight is 356 g/mol. The van der Waals surface area contributed by atoms with E-state index in [1.807, 2.05) is 0 Å². The summed E-state index contributed by atoms with van der Waals surface area (Å²) in [5.41, 5.74) is 0.0436. The normalized spacial score (nSPS) is 22.6. The second-order valence-corrected chi connectivity index (χ2v) is 7.49. The topological polar surface area (TPSA) is 61.4 Å². The first kappa shape index (κ1) is 20.4. The number of hydrogen-bond donors (Lipinski definition) is 2. The van der Waals surface area contributed by atoms with Gasteiger partial charge in [0.2, 0.25) is 0 Å². The molecule has 25 heavy (non-hydrogen) atoms. The lowest BCUT2D eigenvalue weighted by molar-refractivity contribution is -0.00684. The van der Waals surface area contributed by atoms with Crippen molar-refractivity contribution in [1.82, 2.24) is 20.4 Å². The van der Waals surface area contributed by atoms with Crippen LogP contribution in [-0.4, -0.2) is 99.6 Å². The molecule has 146 valence electrons. The summed E-state index contributed by atoms with van der Waals surface area (Å²) in [7, 11) is 0. The van der Waals surface area contributed by atoms with Crippen molar-refractivity contribution in [2.75, 3.05) is 72.2 Å². The summed E-state index contributed by atoms with van der Waals surface area (Å²) in [6.45, 7) is 18.8. The maximum absolute atomic E-state index is 5.47. The SMILES string of the molecule is CCNC(=NCC(C)(C)N1CCOCC1)NCC(C)N1CCOCC1. The van der Waals surface area contributed by atoms with Crippen molar-refractivity contribution < 1.29 is 9.47 Å². The fraction of sp³-hybridized carbons (Fsp3) is 0.944. The van der Waals surface area contributed by atoms with Crippen LogP contribution in [0.4, 0.5) is 0 Å². The van der Waals surface area contributed by atoms with E-state index in [0.29, 0.717) is 6.04 Å². The van der Waals surface area contributed by atoms with Crippen LogP contribution in [0.2, 0.25) is 0 Å². The van der Waals surface area contributed by atoms with E-state index in [1.165, 1.54) is 0 Å². The lowest BCUT2D eigenvalue weighted by Gasteiger charge is -2.40. The van der Waals surface area contributed by atoms with Crippen LogP contribution in [0.1, 0.15) is 27.7 Å². The number of nitrogens with one attached hydrogen (secondary N) is 2. The molecule has 0 aromatic rings. The molecule has 0 radical (unpaired) electrons. The average Bonchev–Trinajstić information content (AvgIpc) is 2.65. The highest BCUT2D eigenvalue weighted by Gasteiger charge is 2.28. The van der Waals surface area contributed by atoms with Gasteiger partial charge in [-0.3, -0.25) is 14.8 Å². The summed E-state index contributed by atoms with van der Waals surface area (Å²) in [6.07, 6.45) is 0. The molecule has 0 spiro atoms. The zero-order valence-corrected chi connectivity index (χ0v) is 16.5. The molecule has 1 atom stereocenters. The second-order valence-electron chi connectivity index (χ2n) is 7.49. The fourth-order valence-electron chi connectivity index (χ4n) is 3.27. The van der Waals surface area contributed by atoms with Gasteiger partial charge in [-0.15, -0.1) is 0 Å². The van der Waals surface area contributed by atoms with E-state index >= 15 is 0 Å². The maximum atomic E-state index is 5.47. The number of guanidine groups is 1. The molecule has 7 heteroatoms. The summed E-state index contributed by atoms with van der Waals surface area (Å²) in [4.78, 5) is 9.79. The Bertz CT molecular complexity index is 404. The van der Waals surface area contributed by atoms with Crippen molar-refractivity contribution in [3.63, 3.8) is 0 Å². The van der Waals surface area contributed by atoms with Crippen LogP contribution in [0.25, 0.3) is 0 Å². The molecule has 2 fully saturated rings. The monoisotopic (exact) mass is 355 g/mol. The van der Waals surface area contributed by atoms with Gasteiger partial charge >= 0.3 is 0 Å². The molecule has 0 aromatic carbocycles. The van der Waals surface area contributed by atoms with E-state index in [-0.39, 0.29) is 5.54 Å². The molecule has 0 aromatic heterocycles. The lowest BCUT2D eigenvalue weighted by Crippen LogP contribution is -2.52. The predicted octanol–water partition coefficient (Wildman–Crippen LogP) is 0.373. The Kier molecular flexibility index (Phi) is 8.42. The van der Waals surface area contributed by atoms with Crippen molar-refractivity contribution in [3.05, 3.63) is 0 Å². The van der Waals surface area contributed by atoms with E-state index < -0.39 is 0 Å². The van der Waals surface area contributed by atoms with Crippen LogP contribution in [-0.2, 0) is 9.47 Å².